The Labute approximate surface area is 165 Å². The molecule has 4 rings (SSSR count). The van der Waals surface area contributed by atoms with E-state index in [1.54, 1.807) is 12.1 Å². The molecular weight excluding hydrogens is 353 g/mol. The van der Waals surface area contributed by atoms with E-state index in [9.17, 15) is 9.18 Å². The SMILES string of the molecule is CN(C(=O)c1cc2cc(F)ccc2[nH]1)C1CCCN(CCc2ccccc2)C1. The third kappa shape index (κ3) is 4.09. The molecule has 1 saturated heterocycles. The van der Waals surface area contributed by atoms with Crippen molar-refractivity contribution in [2.24, 2.45) is 0 Å². The van der Waals surface area contributed by atoms with E-state index in [0.717, 1.165) is 49.8 Å². The number of hydrogen-bond acceptors (Lipinski definition) is 2. The normalized spacial score (nSPS) is 17.7. The molecule has 2 heterocycles. The van der Waals surface area contributed by atoms with Gasteiger partial charge in [-0.15, -0.1) is 0 Å². The number of benzene rings is 2. The van der Waals surface area contributed by atoms with Crippen LogP contribution in [0.15, 0.2) is 54.6 Å². The Morgan fingerprint density at radius 1 is 1.21 bits per heavy atom. The van der Waals surface area contributed by atoms with E-state index in [1.807, 2.05) is 18.0 Å². The predicted molar refractivity (Wildman–Crippen MR) is 110 cm³/mol. The standard InChI is InChI=1S/C23H26FN3O/c1-26(23(28)22-15-18-14-19(24)9-10-21(18)25-22)20-8-5-12-27(16-20)13-11-17-6-3-2-4-7-17/h2-4,6-7,9-10,14-15,20,25H,5,8,11-13,16H2,1H3. The van der Waals surface area contributed by atoms with Crippen LogP contribution in [0, 0.1) is 5.82 Å². The van der Waals surface area contributed by atoms with Crippen molar-refractivity contribution in [3.8, 4) is 0 Å². The van der Waals surface area contributed by atoms with Crippen molar-refractivity contribution < 1.29 is 9.18 Å². The van der Waals surface area contributed by atoms with Crippen LogP contribution >= 0.6 is 0 Å². The number of halogens is 1. The second kappa shape index (κ2) is 8.15. The molecule has 4 nitrogen and oxygen atoms in total. The molecule has 1 fully saturated rings. The zero-order valence-corrected chi connectivity index (χ0v) is 16.2. The maximum atomic E-state index is 13.4. The van der Waals surface area contributed by atoms with Crippen LogP contribution in [-0.2, 0) is 6.42 Å². The van der Waals surface area contributed by atoms with Crippen LogP contribution in [0.5, 0.6) is 0 Å². The monoisotopic (exact) mass is 379 g/mol. The Morgan fingerprint density at radius 2 is 2.04 bits per heavy atom. The number of hydrogen-bond donors (Lipinski definition) is 1. The maximum absolute atomic E-state index is 13.4. The van der Waals surface area contributed by atoms with Crippen LogP contribution in [0.3, 0.4) is 0 Å². The number of amides is 1. The maximum Gasteiger partial charge on any atom is 0.270 e. The lowest BCUT2D eigenvalue weighted by Gasteiger charge is -2.37. The number of likely N-dealkylation sites (tertiary alicyclic amines) is 1. The van der Waals surface area contributed by atoms with E-state index < -0.39 is 0 Å². The van der Waals surface area contributed by atoms with Crippen molar-refractivity contribution in [1.29, 1.82) is 0 Å². The van der Waals surface area contributed by atoms with Gasteiger partial charge in [0.05, 0.1) is 0 Å². The number of H-pyrrole nitrogens is 1. The van der Waals surface area contributed by atoms with Crippen molar-refractivity contribution in [3.05, 3.63) is 71.7 Å². The van der Waals surface area contributed by atoms with Gasteiger partial charge in [-0.1, -0.05) is 30.3 Å². The molecule has 5 heteroatoms. The van der Waals surface area contributed by atoms with Crippen molar-refractivity contribution in [1.82, 2.24) is 14.8 Å². The minimum absolute atomic E-state index is 0.0356. The second-order valence-electron chi connectivity index (χ2n) is 7.66. The van der Waals surface area contributed by atoms with Gasteiger partial charge in [-0.3, -0.25) is 4.79 Å². The summed E-state index contributed by atoms with van der Waals surface area (Å²) in [6.07, 6.45) is 3.13. The molecule has 0 bridgehead atoms. The van der Waals surface area contributed by atoms with E-state index in [0.29, 0.717) is 5.69 Å². The lowest BCUT2D eigenvalue weighted by Crippen LogP contribution is -2.49. The van der Waals surface area contributed by atoms with Gasteiger partial charge in [0, 0.05) is 37.1 Å². The molecule has 146 valence electrons. The average molecular weight is 379 g/mol. The Kier molecular flexibility index (Phi) is 5.44. The average Bonchev–Trinajstić information content (AvgIpc) is 3.15. The van der Waals surface area contributed by atoms with Gasteiger partial charge in [0.15, 0.2) is 0 Å². The number of aromatic amines is 1. The highest BCUT2D eigenvalue weighted by Gasteiger charge is 2.27. The highest BCUT2D eigenvalue weighted by molar-refractivity contribution is 5.98. The van der Waals surface area contributed by atoms with E-state index in [4.69, 9.17) is 0 Å². The first-order valence-electron chi connectivity index (χ1n) is 9.92. The minimum atomic E-state index is -0.291. The van der Waals surface area contributed by atoms with Crippen LogP contribution in [0.4, 0.5) is 4.39 Å². The van der Waals surface area contributed by atoms with Crippen molar-refractivity contribution in [2.75, 3.05) is 26.7 Å². The first kappa shape index (κ1) is 18.7. The van der Waals surface area contributed by atoms with Crippen LogP contribution < -0.4 is 0 Å². The lowest BCUT2D eigenvalue weighted by atomic mass is 10.0. The van der Waals surface area contributed by atoms with Gasteiger partial charge in [0.2, 0.25) is 0 Å². The Hall–Kier alpha value is -2.66. The number of carbonyl (C=O) groups excluding carboxylic acids is 1. The molecule has 3 aromatic rings. The molecule has 28 heavy (non-hydrogen) atoms. The molecule has 2 aromatic carbocycles. The summed E-state index contributed by atoms with van der Waals surface area (Å²) in [5, 5.41) is 0.727. The predicted octanol–water partition coefficient (Wildman–Crippen LogP) is 4.09. The number of aromatic nitrogens is 1. The minimum Gasteiger partial charge on any atom is -0.351 e. The summed E-state index contributed by atoms with van der Waals surface area (Å²) < 4.78 is 13.4. The number of piperidine rings is 1. The van der Waals surface area contributed by atoms with Crippen molar-refractivity contribution in [3.63, 3.8) is 0 Å². The summed E-state index contributed by atoms with van der Waals surface area (Å²) in [7, 11) is 1.87. The smallest absolute Gasteiger partial charge is 0.270 e. The molecule has 0 radical (unpaired) electrons. The molecule has 1 aromatic heterocycles. The molecule has 1 unspecified atom stereocenters. The molecule has 1 atom stereocenters. The fraction of sp³-hybridized carbons (Fsp3) is 0.348. The Balaban J connectivity index is 1.40. The zero-order valence-electron chi connectivity index (χ0n) is 16.2. The molecule has 1 amide bonds. The lowest BCUT2D eigenvalue weighted by molar-refractivity contribution is 0.0614. The fourth-order valence-corrected chi connectivity index (χ4v) is 4.06. The summed E-state index contributed by atoms with van der Waals surface area (Å²) >= 11 is 0. The van der Waals surface area contributed by atoms with Gasteiger partial charge >= 0.3 is 0 Å². The first-order valence-corrected chi connectivity index (χ1v) is 9.92. The molecule has 1 N–H and O–H groups in total. The summed E-state index contributed by atoms with van der Waals surface area (Å²) in [5.74, 6) is -0.327. The van der Waals surface area contributed by atoms with Gasteiger partial charge in [-0.25, -0.2) is 4.39 Å². The Morgan fingerprint density at radius 3 is 2.86 bits per heavy atom. The molecule has 0 saturated carbocycles. The van der Waals surface area contributed by atoms with Gasteiger partial charge in [-0.05, 0) is 55.6 Å². The van der Waals surface area contributed by atoms with E-state index >= 15 is 0 Å². The van der Waals surface area contributed by atoms with E-state index in [2.05, 4.69) is 34.1 Å². The third-order valence-electron chi connectivity index (χ3n) is 5.72. The van der Waals surface area contributed by atoms with Gasteiger partial charge < -0.3 is 14.8 Å². The first-order chi connectivity index (χ1) is 13.6. The number of fused-ring (bicyclic) bond motifs is 1. The van der Waals surface area contributed by atoms with E-state index in [-0.39, 0.29) is 17.8 Å². The third-order valence-corrected chi connectivity index (χ3v) is 5.72. The zero-order chi connectivity index (χ0) is 19.5. The fourth-order valence-electron chi connectivity index (χ4n) is 4.06. The number of nitrogens with zero attached hydrogens (tertiary/aromatic N) is 2. The quantitative estimate of drug-likeness (QED) is 0.725. The van der Waals surface area contributed by atoms with Crippen LogP contribution in [-0.4, -0.2) is 53.4 Å². The van der Waals surface area contributed by atoms with Gasteiger partial charge in [-0.2, -0.15) is 0 Å². The summed E-state index contributed by atoms with van der Waals surface area (Å²) in [4.78, 5) is 20.4. The summed E-state index contributed by atoms with van der Waals surface area (Å²) in [6, 6.07) is 17.0. The van der Waals surface area contributed by atoms with Crippen LogP contribution in [0.1, 0.15) is 28.9 Å². The molecule has 1 aliphatic rings. The van der Waals surface area contributed by atoms with Gasteiger partial charge in [0.1, 0.15) is 11.5 Å². The molecular formula is C23H26FN3O. The molecule has 1 aliphatic heterocycles. The van der Waals surface area contributed by atoms with Crippen molar-refractivity contribution in [2.45, 2.75) is 25.3 Å². The second-order valence-corrected chi connectivity index (χ2v) is 7.66. The topological polar surface area (TPSA) is 39.3 Å². The highest BCUT2D eigenvalue weighted by atomic mass is 19.1. The highest BCUT2D eigenvalue weighted by Crippen LogP contribution is 2.21. The number of nitrogens with one attached hydrogen (secondary N) is 1. The Bertz CT molecular complexity index is 953. The molecule has 0 spiro atoms. The molecule has 0 aliphatic carbocycles. The van der Waals surface area contributed by atoms with E-state index in [1.165, 1.54) is 17.7 Å². The van der Waals surface area contributed by atoms with Gasteiger partial charge in [0.25, 0.3) is 5.91 Å². The number of carbonyl (C=O) groups is 1. The largest absolute Gasteiger partial charge is 0.351 e. The van der Waals surface area contributed by atoms with Crippen LogP contribution in [0.25, 0.3) is 10.9 Å². The summed E-state index contributed by atoms with van der Waals surface area (Å²) in [5.41, 5.74) is 2.65. The van der Waals surface area contributed by atoms with Crippen molar-refractivity contribution >= 4 is 16.8 Å². The van der Waals surface area contributed by atoms with Crippen LogP contribution in [0.2, 0.25) is 0 Å². The summed E-state index contributed by atoms with van der Waals surface area (Å²) in [6.45, 7) is 2.98. The number of likely N-dealkylation sites (N-methyl/N-ethyl adjacent to an activating group) is 1. The number of rotatable bonds is 5.